The van der Waals surface area contributed by atoms with Crippen LogP contribution in [0.3, 0.4) is 0 Å². The lowest BCUT2D eigenvalue weighted by Gasteiger charge is -2.25. The predicted molar refractivity (Wildman–Crippen MR) is 94.7 cm³/mol. The van der Waals surface area contributed by atoms with Crippen molar-refractivity contribution in [1.29, 1.82) is 0 Å². The smallest absolute Gasteiger partial charge is 0.135 e. The largest absolute Gasteiger partial charge is 0.239 e. The molecule has 0 N–H and O–H groups in total. The number of allylic oxidation sites excluding steroid dienone is 4. The van der Waals surface area contributed by atoms with Gasteiger partial charge in [-0.2, -0.15) is 0 Å². The van der Waals surface area contributed by atoms with Gasteiger partial charge in [0.05, 0.1) is 0 Å². The topological polar surface area (TPSA) is 0 Å². The average molecular weight is 318 g/mol. The number of rotatable bonds is 9. The first-order valence-electron chi connectivity index (χ1n) is 8.97. The molecule has 0 bridgehead atoms. The molecule has 0 saturated heterocycles. The van der Waals surface area contributed by atoms with Crippen LogP contribution in [0.5, 0.6) is 0 Å². The average Bonchev–Trinajstić information content (AvgIpc) is 2.55. The zero-order chi connectivity index (χ0) is 16.5. The molecule has 0 heterocycles. The minimum absolute atomic E-state index is 0.121. The second kappa shape index (κ2) is 9.00. The summed E-state index contributed by atoms with van der Waals surface area (Å²) in [4.78, 5) is 0. The van der Waals surface area contributed by atoms with Crippen molar-refractivity contribution in [2.45, 2.75) is 70.4 Å². The third-order valence-corrected chi connectivity index (χ3v) is 4.57. The summed E-state index contributed by atoms with van der Waals surface area (Å²) in [5.74, 6) is -0.329. The first-order valence-corrected chi connectivity index (χ1v) is 8.97. The second-order valence-electron chi connectivity index (χ2n) is 6.60. The Kier molecular flexibility index (Phi) is 7.01. The molecule has 1 aliphatic carbocycles. The van der Waals surface area contributed by atoms with Gasteiger partial charge in [-0.3, -0.25) is 0 Å². The minimum atomic E-state index is -1.51. The van der Waals surface area contributed by atoms with Crippen molar-refractivity contribution in [3.05, 3.63) is 53.9 Å². The first-order chi connectivity index (χ1) is 11.1. The van der Waals surface area contributed by atoms with Crippen LogP contribution in [-0.4, -0.2) is 5.67 Å². The number of unbranched alkanes of at least 4 members (excludes halogenated alkanes) is 6. The summed E-state index contributed by atoms with van der Waals surface area (Å²) in [6, 6.07) is 9.37. The number of hydrogen-bond donors (Lipinski definition) is 0. The summed E-state index contributed by atoms with van der Waals surface area (Å²) in [5, 5.41) is 0. The SMILES string of the molecule is CCCCCCCCCC1(F)C=CC(c2ccccc2)=C(F)C1. The van der Waals surface area contributed by atoms with Crippen molar-refractivity contribution < 1.29 is 8.78 Å². The van der Waals surface area contributed by atoms with Crippen LogP contribution in [0.15, 0.2) is 48.3 Å². The van der Waals surface area contributed by atoms with E-state index in [0.29, 0.717) is 12.0 Å². The molecule has 1 atom stereocenters. The van der Waals surface area contributed by atoms with Gasteiger partial charge in [0.15, 0.2) is 0 Å². The van der Waals surface area contributed by atoms with E-state index in [4.69, 9.17) is 0 Å². The van der Waals surface area contributed by atoms with Gasteiger partial charge in [-0.05, 0) is 24.5 Å². The molecule has 0 aromatic heterocycles. The van der Waals surface area contributed by atoms with Crippen LogP contribution >= 0.6 is 0 Å². The van der Waals surface area contributed by atoms with E-state index in [0.717, 1.165) is 24.8 Å². The first kappa shape index (κ1) is 17.9. The Morgan fingerprint density at radius 3 is 2.26 bits per heavy atom. The number of hydrogen-bond acceptors (Lipinski definition) is 0. The standard InChI is InChI=1S/C21H28F2/c1-2-3-4-5-6-7-11-15-21(23)16-14-19(20(22)17-21)18-12-9-8-10-13-18/h8-10,12-14,16H,2-7,11,15,17H2,1H3. The van der Waals surface area contributed by atoms with Gasteiger partial charge in [-0.15, -0.1) is 0 Å². The molecule has 0 nitrogen and oxygen atoms in total. The molecule has 0 aliphatic heterocycles. The Morgan fingerprint density at radius 2 is 1.61 bits per heavy atom. The van der Waals surface area contributed by atoms with Crippen molar-refractivity contribution >= 4 is 5.57 Å². The summed E-state index contributed by atoms with van der Waals surface area (Å²) >= 11 is 0. The molecule has 1 aliphatic rings. The maximum Gasteiger partial charge on any atom is 0.135 e. The molecule has 1 aromatic rings. The second-order valence-corrected chi connectivity index (χ2v) is 6.60. The Hall–Kier alpha value is -1.44. The van der Waals surface area contributed by atoms with Crippen molar-refractivity contribution in [1.82, 2.24) is 0 Å². The highest BCUT2D eigenvalue weighted by atomic mass is 19.1. The maximum atomic E-state index is 14.8. The van der Waals surface area contributed by atoms with Gasteiger partial charge in [-0.25, -0.2) is 8.78 Å². The summed E-state index contributed by atoms with van der Waals surface area (Å²) in [5.41, 5.74) is -0.163. The molecule has 126 valence electrons. The van der Waals surface area contributed by atoms with Gasteiger partial charge >= 0.3 is 0 Å². The molecule has 2 heteroatoms. The molecule has 0 spiro atoms. The Bertz CT molecular complexity index is 530. The van der Waals surface area contributed by atoms with Crippen molar-refractivity contribution in [3.8, 4) is 0 Å². The molecule has 0 saturated carbocycles. The fraction of sp³-hybridized carbons (Fsp3) is 0.524. The van der Waals surface area contributed by atoms with E-state index >= 15 is 0 Å². The van der Waals surface area contributed by atoms with E-state index in [1.807, 2.05) is 30.3 Å². The van der Waals surface area contributed by atoms with Crippen LogP contribution in [-0.2, 0) is 0 Å². The minimum Gasteiger partial charge on any atom is -0.239 e. The Labute approximate surface area is 139 Å². The maximum absolute atomic E-state index is 14.8. The fourth-order valence-corrected chi connectivity index (χ4v) is 3.15. The van der Waals surface area contributed by atoms with Crippen LogP contribution < -0.4 is 0 Å². The van der Waals surface area contributed by atoms with Gasteiger partial charge in [0.1, 0.15) is 11.5 Å². The predicted octanol–water partition coefficient (Wildman–Crippen LogP) is 7.18. The Morgan fingerprint density at radius 1 is 0.957 bits per heavy atom. The quantitative estimate of drug-likeness (QED) is 0.423. The fourth-order valence-electron chi connectivity index (χ4n) is 3.15. The number of benzene rings is 1. The van der Waals surface area contributed by atoms with Crippen molar-refractivity contribution in [2.75, 3.05) is 0 Å². The number of halogens is 2. The lowest BCUT2D eigenvalue weighted by molar-refractivity contribution is 0.194. The van der Waals surface area contributed by atoms with E-state index in [2.05, 4.69) is 6.92 Å². The molecule has 23 heavy (non-hydrogen) atoms. The summed E-state index contributed by atoms with van der Waals surface area (Å²) in [6.07, 6.45) is 11.6. The van der Waals surface area contributed by atoms with E-state index in [1.165, 1.54) is 25.7 Å². The van der Waals surface area contributed by atoms with E-state index in [1.54, 1.807) is 12.2 Å². The molecule has 0 radical (unpaired) electrons. The van der Waals surface area contributed by atoms with Gasteiger partial charge < -0.3 is 0 Å². The van der Waals surface area contributed by atoms with Crippen LogP contribution in [0.25, 0.3) is 5.57 Å². The van der Waals surface area contributed by atoms with Gasteiger partial charge in [-0.1, -0.05) is 81.9 Å². The summed E-state index contributed by atoms with van der Waals surface area (Å²) < 4.78 is 29.1. The molecular formula is C21H28F2. The monoisotopic (exact) mass is 318 g/mol. The van der Waals surface area contributed by atoms with Gasteiger partial charge in [0.25, 0.3) is 0 Å². The third-order valence-electron chi connectivity index (χ3n) is 4.57. The van der Waals surface area contributed by atoms with Crippen molar-refractivity contribution in [3.63, 3.8) is 0 Å². The van der Waals surface area contributed by atoms with Crippen LogP contribution in [0, 0.1) is 0 Å². The highest BCUT2D eigenvalue weighted by Gasteiger charge is 2.31. The van der Waals surface area contributed by atoms with Crippen LogP contribution in [0.2, 0.25) is 0 Å². The number of alkyl halides is 1. The molecular weight excluding hydrogens is 290 g/mol. The van der Waals surface area contributed by atoms with E-state index in [9.17, 15) is 8.78 Å². The van der Waals surface area contributed by atoms with E-state index < -0.39 is 5.67 Å². The summed E-state index contributed by atoms with van der Waals surface area (Å²) in [7, 11) is 0. The van der Waals surface area contributed by atoms with Crippen molar-refractivity contribution in [2.24, 2.45) is 0 Å². The molecule has 2 rings (SSSR count). The van der Waals surface area contributed by atoms with Crippen LogP contribution in [0.1, 0.15) is 70.3 Å². The highest BCUT2D eigenvalue weighted by Crippen LogP contribution is 2.38. The van der Waals surface area contributed by atoms with Gasteiger partial charge in [0, 0.05) is 12.0 Å². The normalized spacial score (nSPS) is 21.0. The molecule has 0 fully saturated rings. The zero-order valence-corrected chi connectivity index (χ0v) is 14.2. The zero-order valence-electron chi connectivity index (χ0n) is 14.2. The molecule has 0 amide bonds. The summed E-state index contributed by atoms with van der Waals surface area (Å²) in [6.45, 7) is 2.20. The van der Waals surface area contributed by atoms with Crippen LogP contribution in [0.4, 0.5) is 8.78 Å². The Balaban J connectivity index is 1.80. The van der Waals surface area contributed by atoms with Gasteiger partial charge in [0.2, 0.25) is 0 Å². The lowest BCUT2D eigenvalue weighted by atomic mass is 9.86. The molecule has 1 aromatic carbocycles. The molecule has 1 unspecified atom stereocenters. The van der Waals surface area contributed by atoms with E-state index in [-0.39, 0.29) is 12.2 Å². The lowest BCUT2D eigenvalue weighted by Crippen LogP contribution is -2.22. The highest BCUT2D eigenvalue weighted by molar-refractivity contribution is 5.77. The third kappa shape index (κ3) is 5.60.